The summed E-state index contributed by atoms with van der Waals surface area (Å²) in [6.07, 6.45) is 2.51. The van der Waals surface area contributed by atoms with Crippen LogP contribution in [-0.2, 0) is 14.8 Å². The Morgan fingerprint density at radius 1 is 1.32 bits per heavy atom. The highest BCUT2D eigenvalue weighted by Crippen LogP contribution is 2.28. The third-order valence-corrected chi connectivity index (χ3v) is 6.82. The molecule has 0 aliphatic carbocycles. The van der Waals surface area contributed by atoms with Crippen LogP contribution < -0.4 is 4.74 Å². The zero-order chi connectivity index (χ0) is 17.9. The van der Waals surface area contributed by atoms with E-state index in [1.807, 2.05) is 0 Å². The highest BCUT2D eigenvalue weighted by Gasteiger charge is 2.34. The molecule has 1 saturated heterocycles. The van der Waals surface area contributed by atoms with Crippen molar-refractivity contribution in [1.82, 2.24) is 14.5 Å². The van der Waals surface area contributed by atoms with Crippen LogP contribution in [0.1, 0.15) is 22.5 Å². The molecule has 0 bridgehead atoms. The molecule has 25 heavy (non-hydrogen) atoms. The first-order valence-electron chi connectivity index (χ1n) is 7.62. The summed E-state index contributed by atoms with van der Waals surface area (Å²) in [6.45, 7) is 0.618. The molecular formula is C15H17N3O5S2. The maximum Gasteiger partial charge on any atom is 0.349 e. The third-order valence-electron chi connectivity index (χ3n) is 3.85. The van der Waals surface area contributed by atoms with Gasteiger partial charge >= 0.3 is 5.97 Å². The minimum Gasteiger partial charge on any atom is -0.473 e. The number of hydrogen-bond donors (Lipinski definition) is 0. The molecule has 0 aromatic carbocycles. The Kier molecular flexibility index (Phi) is 5.30. The minimum atomic E-state index is -3.74. The molecule has 134 valence electrons. The van der Waals surface area contributed by atoms with Crippen LogP contribution in [-0.4, -0.2) is 55.2 Å². The van der Waals surface area contributed by atoms with Crippen molar-refractivity contribution in [3.05, 3.63) is 34.7 Å². The standard InChI is InChI=1S/C15H17N3O5S2/c1-22-15(19)14-12(6-10-24-14)25(20,21)18-8-4-11(5-9-18)23-13-3-2-7-16-17-13/h2-3,6-7,10-11H,4-5,8-9H2,1H3. The Bertz CT molecular complexity index is 830. The molecule has 2 aromatic heterocycles. The minimum absolute atomic E-state index is 0.00218. The van der Waals surface area contributed by atoms with Crippen molar-refractivity contribution in [3.8, 4) is 5.88 Å². The van der Waals surface area contributed by atoms with E-state index in [1.54, 1.807) is 23.7 Å². The first-order valence-corrected chi connectivity index (χ1v) is 9.94. The quantitative estimate of drug-likeness (QED) is 0.723. The molecule has 0 unspecified atom stereocenters. The first kappa shape index (κ1) is 17.8. The van der Waals surface area contributed by atoms with E-state index in [1.165, 1.54) is 17.5 Å². The van der Waals surface area contributed by atoms with Crippen LogP contribution in [0.25, 0.3) is 0 Å². The van der Waals surface area contributed by atoms with Crippen molar-refractivity contribution in [2.75, 3.05) is 20.2 Å². The number of ether oxygens (including phenoxy) is 2. The second-order valence-electron chi connectivity index (χ2n) is 5.39. The summed E-state index contributed by atoms with van der Waals surface area (Å²) in [6, 6.07) is 4.88. The van der Waals surface area contributed by atoms with Crippen LogP contribution in [0.4, 0.5) is 0 Å². The predicted molar refractivity (Wildman–Crippen MR) is 90.1 cm³/mol. The van der Waals surface area contributed by atoms with E-state index in [0.29, 0.717) is 31.8 Å². The maximum atomic E-state index is 12.8. The SMILES string of the molecule is COC(=O)c1sccc1S(=O)(=O)N1CCC(Oc2cccnn2)CC1. The van der Waals surface area contributed by atoms with Crippen molar-refractivity contribution < 1.29 is 22.7 Å². The van der Waals surface area contributed by atoms with E-state index < -0.39 is 16.0 Å². The average molecular weight is 383 g/mol. The molecule has 0 spiro atoms. The van der Waals surface area contributed by atoms with Crippen molar-refractivity contribution >= 4 is 27.3 Å². The fourth-order valence-electron chi connectivity index (χ4n) is 2.59. The van der Waals surface area contributed by atoms with Crippen molar-refractivity contribution in [2.24, 2.45) is 0 Å². The van der Waals surface area contributed by atoms with E-state index in [-0.39, 0.29) is 15.9 Å². The lowest BCUT2D eigenvalue weighted by molar-refractivity contribution is 0.0602. The molecule has 0 saturated carbocycles. The Morgan fingerprint density at radius 2 is 2.08 bits per heavy atom. The molecule has 1 fully saturated rings. The van der Waals surface area contributed by atoms with Gasteiger partial charge in [-0.2, -0.15) is 9.40 Å². The molecule has 3 rings (SSSR count). The number of methoxy groups -OCH3 is 1. The molecule has 1 aliphatic rings. The zero-order valence-corrected chi connectivity index (χ0v) is 15.1. The van der Waals surface area contributed by atoms with E-state index in [4.69, 9.17) is 4.74 Å². The molecule has 0 atom stereocenters. The Hall–Kier alpha value is -2.04. The van der Waals surface area contributed by atoms with Gasteiger partial charge in [0.25, 0.3) is 0 Å². The Morgan fingerprint density at radius 3 is 2.72 bits per heavy atom. The van der Waals surface area contributed by atoms with Gasteiger partial charge in [0.2, 0.25) is 15.9 Å². The summed E-state index contributed by atoms with van der Waals surface area (Å²) in [5.41, 5.74) is 0. The number of thiophene rings is 1. The first-order chi connectivity index (χ1) is 12.0. The van der Waals surface area contributed by atoms with Crippen LogP contribution >= 0.6 is 11.3 Å². The summed E-state index contributed by atoms with van der Waals surface area (Å²) in [5, 5.41) is 9.19. The summed E-state index contributed by atoms with van der Waals surface area (Å²) in [4.78, 5) is 11.8. The largest absolute Gasteiger partial charge is 0.473 e. The molecule has 1 aliphatic heterocycles. The number of sulfonamides is 1. The fraction of sp³-hybridized carbons (Fsp3) is 0.400. The lowest BCUT2D eigenvalue weighted by Gasteiger charge is -2.31. The number of esters is 1. The fourth-order valence-corrected chi connectivity index (χ4v) is 5.37. The summed E-state index contributed by atoms with van der Waals surface area (Å²) >= 11 is 1.06. The summed E-state index contributed by atoms with van der Waals surface area (Å²) in [7, 11) is -2.51. The number of hydrogen-bond acceptors (Lipinski definition) is 8. The molecular weight excluding hydrogens is 366 g/mol. The number of carbonyl (C=O) groups is 1. The van der Waals surface area contributed by atoms with Gasteiger partial charge < -0.3 is 9.47 Å². The van der Waals surface area contributed by atoms with Gasteiger partial charge in [-0.25, -0.2) is 13.2 Å². The lowest BCUT2D eigenvalue weighted by Crippen LogP contribution is -2.42. The molecule has 2 aromatic rings. The average Bonchev–Trinajstić information content (AvgIpc) is 3.13. The van der Waals surface area contributed by atoms with Crippen LogP contribution in [0, 0.1) is 0 Å². The Balaban J connectivity index is 1.68. The molecule has 0 amide bonds. The van der Waals surface area contributed by atoms with Crippen molar-refractivity contribution in [1.29, 1.82) is 0 Å². The highest BCUT2D eigenvalue weighted by atomic mass is 32.2. The smallest absolute Gasteiger partial charge is 0.349 e. The van der Waals surface area contributed by atoms with E-state index in [0.717, 1.165) is 11.3 Å². The second kappa shape index (κ2) is 7.46. The maximum absolute atomic E-state index is 12.8. The molecule has 3 heterocycles. The number of rotatable bonds is 5. The molecule has 8 nitrogen and oxygen atoms in total. The van der Waals surface area contributed by atoms with E-state index >= 15 is 0 Å². The third kappa shape index (κ3) is 3.80. The topological polar surface area (TPSA) is 98.7 Å². The lowest BCUT2D eigenvalue weighted by atomic mass is 10.1. The van der Waals surface area contributed by atoms with E-state index in [9.17, 15) is 13.2 Å². The van der Waals surface area contributed by atoms with Gasteiger partial charge in [-0.1, -0.05) is 0 Å². The summed E-state index contributed by atoms with van der Waals surface area (Å²) < 4.78 is 37.4. The molecule has 0 radical (unpaired) electrons. The number of piperidine rings is 1. The van der Waals surface area contributed by atoms with Gasteiger partial charge in [0.1, 0.15) is 15.9 Å². The van der Waals surface area contributed by atoms with E-state index in [2.05, 4.69) is 14.9 Å². The van der Waals surface area contributed by atoms with Crippen molar-refractivity contribution in [3.63, 3.8) is 0 Å². The van der Waals surface area contributed by atoms with Gasteiger partial charge in [-0.15, -0.1) is 16.4 Å². The summed E-state index contributed by atoms with van der Waals surface area (Å²) in [5.74, 6) is -0.218. The van der Waals surface area contributed by atoms with Crippen LogP contribution in [0.3, 0.4) is 0 Å². The van der Waals surface area contributed by atoms with Gasteiger partial charge in [0.15, 0.2) is 0 Å². The normalized spacial score (nSPS) is 16.5. The molecule has 10 heteroatoms. The zero-order valence-electron chi connectivity index (χ0n) is 13.5. The number of nitrogens with zero attached hydrogens (tertiary/aromatic N) is 3. The van der Waals surface area contributed by atoms with Gasteiger partial charge in [0, 0.05) is 25.4 Å². The van der Waals surface area contributed by atoms with Crippen LogP contribution in [0.5, 0.6) is 5.88 Å². The van der Waals surface area contributed by atoms with Crippen LogP contribution in [0.15, 0.2) is 34.7 Å². The van der Waals surface area contributed by atoms with Gasteiger partial charge in [-0.3, -0.25) is 0 Å². The van der Waals surface area contributed by atoms with Crippen molar-refractivity contribution in [2.45, 2.75) is 23.8 Å². The Labute approximate surface area is 149 Å². The number of aromatic nitrogens is 2. The number of carbonyl (C=O) groups excluding carboxylic acids is 1. The van der Waals surface area contributed by atoms with Gasteiger partial charge in [0.05, 0.1) is 7.11 Å². The molecule has 0 N–H and O–H groups in total. The van der Waals surface area contributed by atoms with Gasteiger partial charge in [-0.05, 0) is 30.4 Å². The second-order valence-corrected chi connectivity index (χ2v) is 8.21. The monoisotopic (exact) mass is 383 g/mol. The predicted octanol–water partition coefficient (Wildman–Crippen LogP) is 1.56. The highest BCUT2D eigenvalue weighted by molar-refractivity contribution is 7.89. The van der Waals surface area contributed by atoms with Crippen LogP contribution in [0.2, 0.25) is 0 Å².